The zero-order valence-corrected chi connectivity index (χ0v) is 31.8. The highest BCUT2D eigenvalue weighted by atomic mass is 16.3. The fourth-order valence-corrected chi connectivity index (χ4v) is 9.86. The lowest BCUT2D eigenvalue weighted by Gasteiger charge is -2.29. The molecule has 0 spiro atoms. The van der Waals surface area contributed by atoms with Crippen LogP contribution in [0.1, 0.15) is 11.5 Å². The van der Waals surface area contributed by atoms with Crippen molar-refractivity contribution in [2.45, 2.75) is 12.0 Å². The Hall–Kier alpha value is -7.76. The summed E-state index contributed by atoms with van der Waals surface area (Å²) >= 11 is 0. The third-order valence-corrected chi connectivity index (χ3v) is 12.5. The molecule has 0 fully saturated rings. The minimum Gasteiger partial charge on any atom is -0.455 e. The largest absolute Gasteiger partial charge is 0.455 e. The molecule has 1 aliphatic heterocycles. The zero-order valence-electron chi connectivity index (χ0n) is 31.8. The van der Waals surface area contributed by atoms with Gasteiger partial charge in [-0.15, -0.1) is 0 Å². The van der Waals surface area contributed by atoms with Gasteiger partial charge in [-0.2, -0.15) is 0 Å². The van der Waals surface area contributed by atoms with Crippen LogP contribution in [0.5, 0.6) is 0 Å². The molecule has 59 heavy (non-hydrogen) atoms. The van der Waals surface area contributed by atoms with E-state index in [0.717, 1.165) is 71.8 Å². The zero-order chi connectivity index (χ0) is 38.6. The molecule has 8 aromatic carbocycles. The number of fused-ring (bicyclic) bond motifs is 13. The van der Waals surface area contributed by atoms with Gasteiger partial charge in [0.05, 0.1) is 39.4 Å². The van der Waals surface area contributed by atoms with Crippen LogP contribution in [-0.2, 0) is 0 Å². The normalized spacial score (nSPS) is 16.0. The molecule has 0 N–H and O–H groups in total. The van der Waals surface area contributed by atoms with Crippen molar-refractivity contribution >= 4 is 76.8 Å². The van der Waals surface area contributed by atoms with Gasteiger partial charge in [0.2, 0.25) is 0 Å². The van der Waals surface area contributed by atoms with Crippen LogP contribution in [-0.4, -0.2) is 20.6 Å². The molecule has 2 aliphatic rings. The molecule has 2 unspecified atom stereocenters. The molecule has 0 radical (unpaired) electrons. The summed E-state index contributed by atoms with van der Waals surface area (Å²) in [5, 5.41) is 8.06. The number of allylic oxidation sites excluding steroid dienone is 2. The van der Waals surface area contributed by atoms with Crippen LogP contribution in [0.25, 0.3) is 93.8 Å². The fourth-order valence-electron chi connectivity index (χ4n) is 9.86. The lowest BCUT2D eigenvalue weighted by Crippen LogP contribution is -2.28. The average molecular weight is 755 g/mol. The summed E-state index contributed by atoms with van der Waals surface area (Å²) in [7, 11) is 0. The number of nitrogens with zero attached hydrogens (tertiary/aromatic N) is 4. The van der Waals surface area contributed by atoms with E-state index in [1.807, 2.05) is 12.1 Å². The molecule has 5 nitrogen and oxygen atoms in total. The van der Waals surface area contributed by atoms with Crippen molar-refractivity contribution in [1.82, 2.24) is 14.5 Å². The lowest BCUT2D eigenvalue weighted by atomic mass is 9.91. The number of rotatable bonds is 4. The molecule has 0 saturated heterocycles. The summed E-state index contributed by atoms with van der Waals surface area (Å²) in [6.45, 7) is 0. The van der Waals surface area contributed by atoms with E-state index < -0.39 is 0 Å². The Morgan fingerprint density at radius 1 is 0.508 bits per heavy atom. The minimum absolute atomic E-state index is 0.136. The number of benzene rings is 8. The first-order chi connectivity index (χ1) is 29.3. The first-order valence-corrected chi connectivity index (χ1v) is 20.2. The number of para-hydroxylation sites is 2. The predicted octanol–water partition coefficient (Wildman–Crippen LogP) is 13.8. The molecular formula is C54H34N4O. The van der Waals surface area contributed by atoms with Crippen LogP contribution in [0.4, 0.5) is 11.4 Å². The van der Waals surface area contributed by atoms with Gasteiger partial charge in [-0.25, -0.2) is 9.97 Å². The first kappa shape index (κ1) is 32.3. The predicted molar refractivity (Wildman–Crippen MR) is 243 cm³/mol. The highest BCUT2D eigenvalue weighted by Crippen LogP contribution is 2.54. The Bertz CT molecular complexity index is 3580. The maximum Gasteiger partial charge on any atom is 0.160 e. The maximum atomic E-state index is 6.88. The topological polar surface area (TPSA) is 47.1 Å². The average Bonchev–Trinajstić information content (AvgIpc) is 3.96. The van der Waals surface area contributed by atoms with Crippen molar-refractivity contribution in [3.8, 4) is 28.3 Å². The van der Waals surface area contributed by atoms with Crippen molar-refractivity contribution in [2.75, 3.05) is 4.90 Å². The van der Waals surface area contributed by atoms with Crippen molar-refractivity contribution in [2.24, 2.45) is 0 Å². The Morgan fingerprint density at radius 2 is 1.24 bits per heavy atom. The Kier molecular flexibility index (Phi) is 6.78. The molecular weight excluding hydrogens is 721 g/mol. The van der Waals surface area contributed by atoms with Crippen molar-refractivity contribution < 1.29 is 4.42 Å². The first-order valence-electron chi connectivity index (χ1n) is 20.2. The number of furan rings is 1. The van der Waals surface area contributed by atoms with Gasteiger partial charge in [0.25, 0.3) is 0 Å². The summed E-state index contributed by atoms with van der Waals surface area (Å²) in [5.74, 6) is 0.911. The Morgan fingerprint density at radius 3 is 2.14 bits per heavy atom. The molecule has 0 bridgehead atoms. The SMILES string of the molecule is C1=CC2c3ccc4c(c3N(c3ccc5ccccc5c3)C2C=C1)c1c2oc3ccccc3c2ccc1n4-c1ccc(-c2nc(-c3ccccc3)c3ccccc3n2)cc1. The van der Waals surface area contributed by atoms with Crippen LogP contribution in [0, 0.1) is 0 Å². The molecule has 3 aromatic heterocycles. The second-order valence-electron chi connectivity index (χ2n) is 15.7. The lowest BCUT2D eigenvalue weighted by molar-refractivity contribution is 0.673. The number of aromatic nitrogens is 3. The van der Waals surface area contributed by atoms with Crippen LogP contribution < -0.4 is 4.90 Å². The Balaban J connectivity index is 1.06. The number of hydrogen-bond donors (Lipinski definition) is 0. The van der Waals surface area contributed by atoms with Gasteiger partial charge >= 0.3 is 0 Å². The molecule has 2 atom stereocenters. The summed E-state index contributed by atoms with van der Waals surface area (Å²) in [5.41, 5.74) is 12.7. The summed E-state index contributed by atoms with van der Waals surface area (Å²) in [4.78, 5) is 12.8. The number of hydrogen-bond acceptors (Lipinski definition) is 4. The van der Waals surface area contributed by atoms with Gasteiger partial charge in [-0.3, -0.25) is 0 Å². The van der Waals surface area contributed by atoms with Gasteiger partial charge in [0, 0.05) is 50.0 Å². The number of anilines is 2. The third kappa shape index (κ3) is 4.73. The van der Waals surface area contributed by atoms with E-state index >= 15 is 0 Å². The van der Waals surface area contributed by atoms with Crippen molar-refractivity contribution in [1.29, 1.82) is 0 Å². The molecule has 11 aromatic rings. The van der Waals surface area contributed by atoms with E-state index in [-0.39, 0.29) is 12.0 Å². The third-order valence-electron chi connectivity index (χ3n) is 12.5. The fraction of sp³-hybridized carbons (Fsp3) is 0.0370. The highest BCUT2D eigenvalue weighted by molar-refractivity contribution is 6.27. The molecule has 0 saturated carbocycles. The summed E-state index contributed by atoms with van der Waals surface area (Å²) in [6, 6.07) is 60.6. The smallest absolute Gasteiger partial charge is 0.160 e. The van der Waals surface area contributed by atoms with E-state index in [1.54, 1.807) is 0 Å². The van der Waals surface area contributed by atoms with Crippen LogP contribution >= 0.6 is 0 Å². The van der Waals surface area contributed by atoms with Crippen molar-refractivity contribution in [3.05, 3.63) is 200 Å². The van der Waals surface area contributed by atoms with Crippen molar-refractivity contribution in [3.63, 3.8) is 0 Å². The Labute approximate surface area is 339 Å². The van der Waals surface area contributed by atoms with Crippen LogP contribution in [0.15, 0.2) is 199 Å². The molecule has 276 valence electrons. The molecule has 1 aliphatic carbocycles. The van der Waals surface area contributed by atoms with Gasteiger partial charge in [0.1, 0.15) is 11.2 Å². The second kappa shape index (κ2) is 12.4. The standard InChI is InChI=1S/C54H34N4O/c1-2-13-34(14-3-1)51-43-18-6-9-19-44(43)55-54(56-51)35-23-25-37(26-24-35)57-46-30-28-41-39-16-7-10-20-45(39)58(38-27-22-33-12-4-5-15-36(33)32-38)52(41)49(46)50-47(57)31-29-42-40-17-8-11-21-48(40)59-53(42)50/h1-32,39,45H. The monoisotopic (exact) mass is 754 g/mol. The summed E-state index contributed by atoms with van der Waals surface area (Å²) in [6.07, 6.45) is 9.12. The van der Waals surface area contributed by atoms with Crippen LogP contribution in [0.3, 0.4) is 0 Å². The van der Waals surface area contributed by atoms with Gasteiger partial charge in [-0.1, -0.05) is 127 Å². The summed E-state index contributed by atoms with van der Waals surface area (Å²) < 4.78 is 9.29. The van der Waals surface area contributed by atoms with E-state index in [0.29, 0.717) is 5.82 Å². The van der Waals surface area contributed by atoms with E-state index in [4.69, 9.17) is 14.4 Å². The van der Waals surface area contributed by atoms with Gasteiger partial charge < -0.3 is 13.9 Å². The quantitative estimate of drug-likeness (QED) is 0.179. The molecule has 13 rings (SSSR count). The second-order valence-corrected chi connectivity index (χ2v) is 15.7. The molecule has 4 heterocycles. The molecule has 5 heteroatoms. The van der Waals surface area contributed by atoms with Crippen LogP contribution in [0.2, 0.25) is 0 Å². The minimum atomic E-state index is 0.136. The van der Waals surface area contributed by atoms with E-state index in [1.165, 1.54) is 33.1 Å². The van der Waals surface area contributed by atoms with Gasteiger partial charge in [0.15, 0.2) is 5.82 Å². The van der Waals surface area contributed by atoms with E-state index in [9.17, 15) is 0 Å². The van der Waals surface area contributed by atoms with Gasteiger partial charge in [-0.05, 0) is 83.1 Å². The highest BCUT2D eigenvalue weighted by Gasteiger charge is 2.40. The maximum absolute atomic E-state index is 6.88. The molecule has 0 amide bonds. The van der Waals surface area contributed by atoms with E-state index in [2.05, 4.69) is 191 Å².